The number of morpholine rings is 1. The third kappa shape index (κ3) is 4.47. The van der Waals surface area contributed by atoms with Gasteiger partial charge >= 0.3 is 6.03 Å². The van der Waals surface area contributed by atoms with Crippen LogP contribution >= 0.6 is 0 Å². The van der Waals surface area contributed by atoms with Crippen LogP contribution in [0.25, 0.3) is 0 Å². The Hall–Kier alpha value is -1.56. The molecule has 1 aromatic rings. The number of carbonyl (C=O) groups excluding carboxylic acids is 1. The number of aromatic nitrogens is 2. The van der Waals surface area contributed by atoms with E-state index in [0.717, 1.165) is 19.4 Å². The Labute approximate surface area is 132 Å². The molecule has 0 bridgehead atoms. The van der Waals surface area contributed by atoms with Gasteiger partial charge in [0.15, 0.2) is 5.82 Å². The first-order valence-corrected chi connectivity index (χ1v) is 8.15. The molecular weight excluding hydrogens is 280 g/mol. The van der Waals surface area contributed by atoms with Gasteiger partial charge in [0.2, 0.25) is 0 Å². The van der Waals surface area contributed by atoms with Crippen molar-refractivity contribution in [1.82, 2.24) is 14.7 Å². The molecular formula is C16H28N4O2. The second kappa shape index (κ2) is 7.13. The van der Waals surface area contributed by atoms with Gasteiger partial charge in [0, 0.05) is 25.4 Å². The Morgan fingerprint density at radius 2 is 2.32 bits per heavy atom. The van der Waals surface area contributed by atoms with Gasteiger partial charge in [0.1, 0.15) is 0 Å². The number of carbonyl (C=O) groups is 1. The molecule has 0 unspecified atom stereocenters. The highest BCUT2D eigenvalue weighted by Crippen LogP contribution is 2.21. The number of urea groups is 1. The molecule has 2 rings (SSSR count). The quantitative estimate of drug-likeness (QED) is 0.909. The van der Waals surface area contributed by atoms with Crippen molar-refractivity contribution in [2.24, 2.45) is 5.92 Å². The Bertz CT molecular complexity index is 500. The fourth-order valence-electron chi connectivity index (χ4n) is 2.45. The zero-order valence-corrected chi connectivity index (χ0v) is 14.1. The minimum Gasteiger partial charge on any atom is -0.372 e. The van der Waals surface area contributed by atoms with Crippen LogP contribution in [0.3, 0.4) is 0 Å². The fourth-order valence-corrected chi connectivity index (χ4v) is 2.45. The molecule has 0 aromatic carbocycles. The number of aryl methyl sites for hydroxylation is 1. The van der Waals surface area contributed by atoms with Crippen LogP contribution in [0.4, 0.5) is 10.6 Å². The molecule has 1 aromatic heterocycles. The maximum absolute atomic E-state index is 12.4. The Balaban J connectivity index is 1.89. The first-order chi connectivity index (χ1) is 10.4. The van der Waals surface area contributed by atoms with E-state index in [1.165, 1.54) is 0 Å². The van der Waals surface area contributed by atoms with E-state index >= 15 is 0 Å². The summed E-state index contributed by atoms with van der Waals surface area (Å²) in [6.07, 6.45) is 3.88. The molecule has 0 spiro atoms. The number of nitrogens with one attached hydrogen (secondary N) is 1. The minimum atomic E-state index is -0.244. The third-order valence-electron chi connectivity index (χ3n) is 4.18. The Kier molecular flexibility index (Phi) is 5.45. The Morgan fingerprint density at radius 3 is 3.00 bits per heavy atom. The predicted molar refractivity (Wildman–Crippen MR) is 86.9 cm³/mol. The topological polar surface area (TPSA) is 59.4 Å². The SMILES string of the molecule is CC[C@@]1(C)CN(C(=O)Nc2ccn(CCC(C)C)n2)CCO1. The van der Waals surface area contributed by atoms with Gasteiger partial charge in [-0.2, -0.15) is 5.10 Å². The van der Waals surface area contributed by atoms with Gasteiger partial charge in [-0.15, -0.1) is 0 Å². The molecule has 124 valence electrons. The lowest BCUT2D eigenvalue weighted by Crippen LogP contribution is -2.53. The van der Waals surface area contributed by atoms with Gasteiger partial charge in [-0.05, 0) is 25.7 Å². The average molecular weight is 308 g/mol. The summed E-state index contributed by atoms with van der Waals surface area (Å²) in [6.45, 7) is 11.2. The maximum Gasteiger partial charge on any atom is 0.323 e. The van der Waals surface area contributed by atoms with Crippen LogP contribution in [-0.2, 0) is 11.3 Å². The molecule has 0 saturated carbocycles. The number of hydrogen-bond acceptors (Lipinski definition) is 3. The number of amides is 2. The van der Waals surface area contributed by atoms with Gasteiger partial charge < -0.3 is 9.64 Å². The van der Waals surface area contributed by atoms with Gasteiger partial charge in [0.05, 0.1) is 18.8 Å². The molecule has 1 aliphatic rings. The van der Waals surface area contributed by atoms with Gasteiger partial charge in [-0.3, -0.25) is 10.00 Å². The summed E-state index contributed by atoms with van der Waals surface area (Å²) in [5, 5.41) is 7.28. The largest absolute Gasteiger partial charge is 0.372 e. The third-order valence-corrected chi connectivity index (χ3v) is 4.18. The summed E-state index contributed by atoms with van der Waals surface area (Å²) in [4.78, 5) is 14.2. The van der Waals surface area contributed by atoms with E-state index in [1.54, 1.807) is 4.90 Å². The van der Waals surface area contributed by atoms with Crippen LogP contribution < -0.4 is 5.32 Å². The smallest absolute Gasteiger partial charge is 0.323 e. The number of rotatable bonds is 5. The zero-order valence-electron chi connectivity index (χ0n) is 14.1. The van der Waals surface area contributed by atoms with E-state index in [0.29, 0.717) is 31.4 Å². The van der Waals surface area contributed by atoms with Gasteiger partial charge in [0.25, 0.3) is 0 Å². The fraction of sp³-hybridized carbons (Fsp3) is 0.750. The highest BCUT2D eigenvalue weighted by atomic mass is 16.5. The normalized spacial score (nSPS) is 22.1. The molecule has 0 radical (unpaired) electrons. The second-order valence-corrected chi connectivity index (χ2v) is 6.65. The van der Waals surface area contributed by atoms with Crippen LogP contribution in [-0.4, -0.2) is 46.0 Å². The molecule has 2 heterocycles. The van der Waals surface area contributed by atoms with E-state index in [4.69, 9.17) is 4.74 Å². The lowest BCUT2D eigenvalue weighted by Gasteiger charge is -2.39. The van der Waals surface area contributed by atoms with Crippen molar-refractivity contribution in [3.8, 4) is 0 Å². The van der Waals surface area contributed by atoms with E-state index in [2.05, 4.69) is 31.2 Å². The molecule has 1 saturated heterocycles. The average Bonchev–Trinajstić information content (AvgIpc) is 2.93. The molecule has 6 nitrogen and oxygen atoms in total. The van der Waals surface area contributed by atoms with Crippen LogP contribution in [0.5, 0.6) is 0 Å². The van der Waals surface area contributed by atoms with E-state index in [1.807, 2.05) is 23.9 Å². The maximum atomic E-state index is 12.4. The lowest BCUT2D eigenvalue weighted by atomic mass is 10.0. The summed E-state index contributed by atoms with van der Waals surface area (Å²) < 4.78 is 7.64. The summed E-state index contributed by atoms with van der Waals surface area (Å²) in [6, 6.07) is 1.75. The lowest BCUT2D eigenvalue weighted by molar-refractivity contribution is -0.0860. The summed E-state index contributed by atoms with van der Waals surface area (Å²) in [5.41, 5.74) is -0.244. The molecule has 1 fully saturated rings. The molecule has 1 atom stereocenters. The van der Waals surface area contributed by atoms with Crippen molar-refractivity contribution >= 4 is 11.8 Å². The van der Waals surface area contributed by atoms with E-state index in [-0.39, 0.29) is 11.6 Å². The summed E-state index contributed by atoms with van der Waals surface area (Å²) in [7, 11) is 0. The number of anilines is 1. The summed E-state index contributed by atoms with van der Waals surface area (Å²) in [5.74, 6) is 1.25. The number of nitrogens with zero attached hydrogens (tertiary/aromatic N) is 3. The van der Waals surface area contributed by atoms with Crippen molar-refractivity contribution in [3.05, 3.63) is 12.3 Å². The monoisotopic (exact) mass is 308 g/mol. The zero-order chi connectivity index (χ0) is 16.2. The van der Waals surface area contributed by atoms with Crippen molar-refractivity contribution in [3.63, 3.8) is 0 Å². The second-order valence-electron chi connectivity index (χ2n) is 6.65. The first-order valence-electron chi connectivity index (χ1n) is 8.15. The molecule has 1 N–H and O–H groups in total. The van der Waals surface area contributed by atoms with E-state index < -0.39 is 0 Å². The van der Waals surface area contributed by atoms with Crippen molar-refractivity contribution in [2.75, 3.05) is 25.0 Å². The highest BCUT2D eigenvalue weighted by Gasteiger charge is 2.32. The van der Waals surface area contributed by atoms with Crippen LogP contribution in [0.15, 0.2) is 12.3 Å². The molecule has 6 heteroatoms. The summed E-state index contributed by atoms with van der Waals surface area (Å²) >= 11 is 0. The minimum absolute atomic E-state index is 0.0999. The predicted octanol–water partition coefficient (Wildman–Crippen LogP) is 2.96. The standard InChI is InChI=1S/C16H28N4O2/c1-5-16(4)12-19(10-11-22-16)15(21)17-14-7-9-20(18-14)8-6-13(2)3/h7,9,13H,5-6,8,10-12H2,1-4H3,(H,17,18,21)/t16-/m0/s1. The molecule has 2 amide bonds. The van der Waals surface area contributed by atoms with Crippen molar-refractivity contribution < 1.29 is 9.53 Å². The van der Waals surface area contributed by atoms with Gasteiger partial charge in [-0.1, -0.05) is 20.8 Å². The van der Waals surface area contributed by atoms with Crippen LogP contribution in [0, 0.1) is 5.92 Å². The van der Waals surface area contributed by atoms with Crippen molar-refractivity contribution in [2.45, 2.75) is 52.7 Å². The van der Waals surface area contributed by atoms with Gasteiger partial charge in [-0.25, -0.2) is 4.79 Å². The van der Waals surface area contributed by atoms with Crippen LogP contribution in [0.1, 0.15) is 40.5 Å². The van der Waals surface area contributed by atoms with E-state index in [9.17, 15) is 4.79 Å². The highest BCUT2D eigenvalue weighted by molar-refractivity contribution is 5.88. The Morgan fingerprint density at radius 1 is 1.55 bits per heavy atom. The number of hydrogen-bond donors (Lipinski definition) is 1. The molecule has 22 heavy (non-hydrogen) atoms. The molecule has 1 aliphatic heterocycles. The number of ether oxygens (including phenoxy) is 1. The van der Waals surface area contributed by atoms with Crippen LogP contribution in [0.2, 0.25) is 0 Å². The van der Waals surface area contributed by atoms with Crippen molar-refractivity contribution in [1.29, 1.82) is 0 Å². The first kappa shape index (κ1) is 16.8. The molecule has 0 aliphatic carbocycles.